The van der Waals surface area contributed by atoms with Crippen LogP contribution in [0.3, 0.4) is 0 Å². The van der Waals surface area contributed by atoms with Crippen molar-refractivity contribution in [1.29, 1.82) is 0 Å². The molecule has 1 atom stereocenters. The highest BCUT2D eigenvalue weighted by Gasteiger charge is 2.35. The summed E-state index contributed by atoms with van der Waals surface area (Å²) < 4.78 is 0. The molecule has 2 aromatic rings. The van der Waals surface area contributed by atoms with Crippen molar-refractivity contribution in [2.45, 2.75) is 44.2 Å². The van der Waals surface area contributed by atoms with Gasteiger partial charge in [0.2, 0.25) is 0 Å². The number of aliphatic hydroxyl groups excluding tert-OH is 1. The van der Waals surface area contributed by atoms with E-state index in [1.807, 2.05) is 24.3 Å². The summed E-state index contributed by atoms with van der Waals surface area (Å²) in [5, 5.41) is 16.3. The van der Waals surface area contributed by atoms with Crippen LogP contribution in [-0.4, -0.2) is 34.7 Å². The molecule has 1 aliphatic carbocycles. The molecular formula is C21H25N3O2. The Morgan fingerprint density at radius 3 is 2.85 bits per heavy atom. The zero-order valence-electron chi connectivity index (χ0n) is 14.8. The molecule has 5 nitrogen and oxygen atoms in total. The Bertz CT molecular complexity index is 772. The zero-order chi connectivity index (χ0) is 17.9. The fraction of sp³-hybridized carbons (Fsp3) is 0.429. The van der Waals surface area contributed by atoms with Crippen LogP contribution in [0.25, 0.3) is 0 Å². The van der Waals surface area contributed by atoms with E-state index in [1.54, 1.807) is 12.4 Å². The summed E-state index contributed by atoms with van der Waals surface area (Å²) in [5.74, 6) is 0.284. The number of pyridine rings is 1. The van der Waals surface area contributed by atoms with E-state index in [-0.39, 0.29) is 18.1 Å². The lowest BCUT2D eigenvalue weighted by Gasteiger charge is -2.38. The number of aryl methyl sites for hydroxylation is 1. The van der Waals surface area contributed by atoms with Gasteiger partial charge in [0.25, 0.3) is 5.91 Å². The fourth-order valence-corrected chi connectivity index (χ4v) is 4.01. The van der Waals surface area contributed by atoms with E-state index in [0.29, 0.717) is 5.92 Å². The molecule has 3 N–H and O–H groups in total. The third-order valence-electron chi connectivity index (χ3n) is 5.56. The first-order valence-electron chi connectivity index (χ1n) is 9.44. The van der Waals surface area contributed by atoms with Crippen LogP contribution in [0.15, 0.2) is 42.7 Å². The van der Waals surface area contributed by atoms with Gasteiger partial charge in [-0.1, -0.05) is 12.1 Å². The molecule has 26 heavy (non-hydrogen) atoms. The van der Waals surface area contributed by atoms with Gasteiger partial charge >= 0.3 is 0 Å². The summed E-state index contributed by atoms with van der Waals surface area (Å²) in [6, 6.07) is 9.94. The number of carbonyl (C=O) groups excluding carboxylic acids is 1. The molecule has 0 radical (unpaired) electrons. The first-order chi connectivity index (χ1) is 12.7. The quantitative estimate of drug-likeness (QED) is 0.774. The van der Waals surface area contributed by atoms with Crippen LogP contribution in [0, 0.1) is 5.92 Å². The van der Waals surface area contributed by atoms with Crippen LogP contribution in [0.2, 0.25) is 0 Å². The molecule has 136 valence electrons. The topological polar surface area (TPSA) is 74.2 Å². The Morgan fingerprint density at radius 2 is 2.08 bits per heavy atom. The largest absolute Gasteiger partial charge is 0.393 e. The van der Waals surface area contributed by atoms with E-state index >= 15 is 0 Å². The minimum absolute atomic E-state index is 0.0211. The minimum Gasteiger partial charge on any atom is -0.393 e. The molecule has 4 rings (SSSR count). The van der Waals surface area contributed by atoms with E-state index in [4.69, 9.17) is 0 Å². The van der Waals surface area contributed by atoms with Crippen LogP contribution in [0.1, 0.15) is 40.7 Å². The second kappa shape index (κ2) is 7.46. The van der Waals surface area contributed by atoms with Crippen molar-refractivity contribution < 1.29 is 9.90 Å². The third kappa shape index (κ3) is 3.58. The van der Waals surface area contributed by atoms with Crippen LogP contribution in [0.4, 0.5) is 5.69 Å². The average Bonchev–Trinajstić information content (AvgIpc) is 2.65. The van der Waals surface area contributed by atoms with E-state index < -0.39 is 0 Å². The first-order valence-corrected chi connectivity index (χ1v) is 9.44. The highest BCUT2D eigenvalue weighted by molar-refractivity contribution is 6.00. The van der Waals surface area contributed by atoms with Gasteiger partial charge in [-0.3, -0.25) is 9.78 Å². The van der Waals surface area contributed by atoms with Crippen molar-refractivity contribution >= 4 is 11.6 Å². The molecule has 1 fully saturated rings. The summed E-state index contributed by atoms with van der Waals surface area (Å²) >= 11 is 0. The molecular weight excluding hydrogens is 326 g/mol. The number of aliphatic hydroxyl groups is 1. The van der Waals surface area contributed by atoms with Gasteiger partial charge in [-0.2, -0.15) is 0 Å². The van der Waals surface area contributed by atoms with Gasteiger partial charge in [0.15, 0.2) is 0 Å². The van der Waals surface area contributed by atoms with Gasteiger partial charge in [0.05, 0.1) is 17.4 Å². The zero-order valence-corrected chi connectivity index (χ0v) is 14.8. The summed E-state index contributed by atoms with van der Waals surface area (Å²) in [7, 11) is 0. The van der Waals surface area contributed by atoms with Gasteiger partial charge in [-0.25, -0.2) is 0 Å². The maximum atomic E-state index is 13.0. The van der Waals surface area contributed by atoms with Gasteiger partial charge in [-0.05, 0) is 67.3 Å². The molecule has 0 spiro atoms. The Morgan fingerprint density at radius 1 is 1.27 bits per heavy atom. The van der Waals surface area contributed by atoms with Crippen LogP contribution in [-0.2, 0) is 12.8 Å². The molecule has 1 aromatic heterocycles. The van der Waals surface area contributed by atoms with Gasteiger partial charge < -0.3 is 15.7 Å². The maximum absolute atomic E-state index is 13.0. The number of aromatic nitrogens is 1. The highest BCUT2D eigenvalue weighted by atomic mass is 16.3. The van der Waals surface area contributed by atoms with Crippen LogP contribution in [0.5, 0.6) is 0 Å². The standard InChI is InChI=1S/C21H25N3O2/c25-17-12-16(13-17)19(11-14-6-9-22-10-7-14)24-21(26)18-5-1-3-15-4-2-8-23-20(15)18/h1,3,5-7,9-10,16-17,19,23,25H,2,4,8,11-13H2,(H,24,26). The number of carbonyl (C=O) groups is 1. The number of hydrogen-bond donors (Lipinski definition) is 3. The summed E-state index contributed by atoms with van der Waals surface area (Å²) in [4.78, 5) is 17.1. The number of benzene rings is 1. The summed E-state index contributed by atoms with van der Waals surface area (Å²) in [6.07, 6.45) is 7.70. The molecule has 0 saturated heterocycles. The summed E-state index contributed by atoms with van der Waals surface area (Å²) in [6.45, 7) is 0.909. The predicted molar refractivity (Wildman–Crippen MR) is 101 cm³/mol. The molecule has 1 saturated carbocycles. The molecule has 2 heterocycles. The van der Waals surface area contributed by atoms with Crippen LogP contribution >= 0.6 is 0 Å². The second-order valence-electron chi connectivity index (χ2n) is 7.39. The van der Waals surface area contributed by atoms with Crippen molar-refractivity contribution in [1.82, 2.24) is 10.3 Å². The number of hydrogen-bond acceptors (Lipinski definition) is 4. The lowest BCUT2D eigenvalue weighted by atomic mass is 9.75. The Labute approximate surface area is 153 Å². The number of rotatable bonds is 5. The van der Waals surface area contributed by atoms with E-state index in [2.05, 4.69) is 21.7 Å². The van der Waals surface area contributed by atoms with Crippen molar-refractivity contribution in [2.75, 3.05) is 11.9 Å². The number of para-hydroxylation sites is 1. The lowest BCUT2D eigenvalue weighted by Crippen LogP contribution is -2.48. The number of fused-ring (bicyclic) bond motifs is 1. The molecule has 1 unspecified atom stereocenters. The van der Waals surface area contributed by atoms with Gasteiger partial charge in [-0.15, -0.1) is 0 Å². The van der Waals surface area contributed by atoms with Gasteiger partial charge in [0.1, 0.15) is 0 Å². The average molecular weight is 351 g/mol. The van der Waals surface area contributed by atoms with Crippen LogP contribution < -0.4 is 10.6 Å². The highest BCUT2D eigenvalue weighted by Crippen LogP contribution is 2.32. The molecule has 1 aromatic carbocycles. The lowest BCUT2D eigenvalue weighted by molar-refractivity contribution is 0.0239. The van der Waals surface area contributed by atoms with E-state index in [1.165, 1.54) is 5.56 Å². The Balaban J connectivity index is 1.53. The third-order valence-corrected chi connectivity index (χ3v) is 5.56. The molecule has 1 amide bonds. The number of amides is 1. The Hall–Kier alpha value is -2.40. The SMILES string of the molecule is O=C(NC(Cc1ccncc1)C1CC(O)C1)c1cccc2c1NCCC2. The minimum atomic E-state index is -0.233. The first kappa shape index (κ1) is 17.0. The Kier molecular flexibility index (Phi) is 4.89. The van der Waals surface area contributed by atoms with Gasteiger partial charge in [0, 0.05) is 25.0 Å². The maximum Gasteiger partial charge on any atom is 0.253 e. The number of nitrogens with zero attached hydrogens (tertiary/aromatic N) is 1. The van der Waals surface area contributed by atoms with E-state index in [0.717, 1.165) is 55.5 Å². The molecule has 2 aliphatic rings. The second-order valence-corrected chi connectivity index (χ2v) is 7.39. The molecule has 5 heteroatoms. The molecule has 0 bridgehead atoms. The molecule has 1 aliphatic heterocycles. The monoisotopic (exact) mass is 351 g/mol. The van der Waals surface area contributed by atoms with Crippen molar-refractivity contribution in [3.8, 4) is 0 Å². The van der Waals surface area contributed by atoms with Crippen molar-refractivity contribution in [2.24, 2.45) is 5.92 Å². The smallest absolute Gasteiger partial charge is 0.253 e. The fourth-order valence-electron chi connectivity index (χ4n) is 4.01. The van der Waals surface area contributed by atoms with Crippen molar-refractivity contribution in [3.05, 3.63) is 59.4 Å². The summed E-state index contributed by atoms with van der Waals surface area (Å²) in [5.41, 5.74) is 4.07. The number of nitrogens with one attached hydrogen (secondary N) is 2. The van der Waals surface area contributed by atoms with Crippen molar-refractivity contribution in [3.63, 3.8) is 0 Å². The van der Waals surface area contributed by atoms with E-state index in [9.17, 15) is 9.90 Å². The predicted octanol–water partition coefficient (Wildman–Crippen LogP) is 2.55. The number of anilines is 1. The normalized spacial score (nSPS) is 22.5.